The van der Waals surface area contributed by atoms with Crippen molar-refractivity contribution in [3.8, 4) is 0 Å². The number of thiophene rings is 1. The Balaban J connectivity index is 1.69. The normalized spacial score (nSPS) is 24.2. The van der Waals surface area contributed by atoms with E-state index in [-0.39, 0.29) is 17.7 Å². The maximum Gasteiger partial charge on any atom is 0.259 e. The van der Waals surface area contributed by atoms with Gasteiger partial charge in [0, 0.05) is 18.0 Å². The Kier molecular flexibility index (Phi) is 4.22. The number of aromatic nitrogens is 2. The molecule has 2 aliphatic rings. The lowest BCUT2D eigenvalue weighted by Gasteiger charge is -2.33. The molecule has 2 aromatic rings. The maximum atomic E-state index is 12.7. The average molecular weight is 347 g/mol. The zero-order chi connectivity index (χ0) is 16.8. The molecule has 130 valence electrons. The smallest absolute Gasteiger partial charge is 0.259 e. The molecule has 0 bridgehead atoms. The highest BCUT2D eigenvalue weighted by molar-refractivity contribution is 7.18. The van der Waals surface area contributed by atoms with Crippen molar-refractivity contribution in [1.82, 2.24) is 14.9 Å². The van der Waals surface area contributed by atoms with Gasteiger partial charge in [-0.05, 0) is 50.5 Å². The minimum absolute atomic E-state index is 0.0194. The van der Waals surface area contributed by atoms with E-state index in [1.165, 1.54) is 10.4 Å². The van der Waals surface area contributed by atoms with Gasteiger partial charge in [-0.2, -0.15) is 0 Å². The van der Waals surface area contributed by atoms with E-state index in [0.29, 0.717) is 5.92 Å². The lowest BCUT2D eigenvalue weighted by atomic mass is 9.89. The lowest BCUT2D eigenvalue weighted by Crippen LogP contribution is -2.38. The van der Waals surface area contributed by atoms with Crippen molar-refractivity contribution >= 4 is 21.6 Å². The third kappa shape index (κ3) is 2.80. The SMILES string of the molecule is C[C@@H]1CCc2c(sc3nc([C@@H](C)N4CCC(O)CC4)[nH]c(=O)c23)C1. The van der Waals surface area contributed by atoms with Crippen molar-refractivity contribution in [2.45, 2.75) is 58.1 Å². The molecule has 1 fully saturated rings. The fourth-order valence-electron chi connectivity index (χ4n) is 4.01. The van der Waals surface area contributed by atoms with Gasteiger partial charge in [-0.25, -0.2) is 4.98 Å². The van der Waals surface area contributed by atoms with Crippen molar-refractivity contribution < 1.29 is 5.11 Å². The molecule has 5 nitrogen and oxygen atoms in total. The largest absolute Gasteiger partial charge is 0.393 e. The van der Waals surface area contributed by atoms with Crippen LogP contribution in [0.5, 0.6) is 0 Å². The van der Waals surface area contributed by atoms with Crippen LogP contribution in [0, 0.1) is 5.92 Å². The van der Waals surface area contributed by atoms with E-state index in [4.69, 9.17) is 4.98 Å². The van der Waals surface area contributed by atoms with Crippen molar-refractivity contribution in [3.63, 3.8) is 0 Å². The third-order valence-corrected chi connectivity index (χ3v) is 6.77. The number of hydrogen-bond acceptors (Lipinski definition) is 5. The van der Waals surface area contributed by atoms with Gasteiger partial charge in [0.25, 0.3) is 5.56 Å². The van der Waals surface area contributed by atoms with E-state index in [9.17, 15) is 9.90 Å². The first-order valence-corrected chi connectivity index (χ1v) is 9.81. The van der Waals surface area contributed by atoms with Crippen LogP contribution in [0.2, 0.25) is 0 Å². The number of nitrogens with one attached hydrogen (secondary N) is 1. The van der Waals surface area contributed by atoms with E-state index < -0.39 is 0 Å². The summed E-state index contributed by atoms with van der Waals surface area (Å²) in [6.45, 7) is 6.08. The molecule has 0 saturated carbocycles. The number of piperidine rings is 1. The number of rotatable bonds is 2. The van der Waals surface area contributed by atoms with Gasteiger partial charge in [-0.1, -0.05) is 6.92 Å². The number of nitrogens with zero attached hydrogens (tertiary/aromatic N) is 2. The summed E-state index contributed by atoms with van der Waals surface area (Å²) in [5.41, 5.74) is 1.26. The molecule has 0 amide bonds. The Morgan fingerprint density at radius 2 is 2.08 bits per heavy atom. The van der Waals surface area contributed by atoms with Crippen LogP contribution >= 0.6 is 11.3 Å². The topological polar surface area (TPSA) is 69.2 Å². The molecule has 2 atom stereocenters. The predicted molar refractivity (Wildman–Crippen MR) is 96.7 cm³/mol. The summed E-state index contributed by atoms with van der Waals surface area (Å²) >= 11 is 1.71. The zero-order valence-electron chi connectivity index (χ0n) is 14.3. The van der Waals surface area contributed by atoms with Gasteiger partial charge in [0.1, 0.15) is 10.7 Å². The summed E-state index contributed by atoms with van der Waals surface area (Å²) in [7, 11) is 0. The number of aliphatic hydroxyl groups excluding tert-OH is 1. The second-order valence-corrected chi connectivity index (χ2v) is 8.51. The Morgan fingerprint density at radius 3 is 2.83 bits per heavy atom. The molecule has 2 N–H and O–H groups in total. The molecule has 1 aliphatic heterocycles. The quantitative estimate of drug-likeness (QED) is 0.876. The predicted octanol–water partition coefficient (Wildman–Crippen LogP) is 2.63. The fraction of sp³-hybridized carbons (Fsp3) is 0.667. The number of aryl methyl sites for hydroxylation is 1. The molecule has 0 spiro atoms. The standard InChI is InChI=1S/C18H25N3O2S/c1-10-3-4-13-14(9-10)24-18-15(13)17(23)19-16(20-18)11(2)21-7-5-12(22)6-8-21/h10-12,22H,3-9H2,1-2H3,(H,19,20,23)/t10-,11-/m1/s1. The van der Waals surface area contributed by atoms with Crippen LogP contribution in [0.3, 0.4) is 0 Å². The second kappa shape index (κ2) is 6.24. The monoisotopic (exact) mass is 347 g/mol. The van der Waals surface area contributed by atoms with E-state index in [0.717, 1.165) is 61.2 Å². The van der Waals surface area contributed by atoms with Crippen molar-refractivity contribution in [3.05, 3.63) is 26.6 Å². The van der Waals surface area contributed by atoms with Crippen molar-refractivity contribution in [1.29, 1.82) is 0 Å². The first kappa shape index (κ1) is 16.2. The van der Waals surface area contributed by atoms with Gasteiger partial charge in [-0.15, -0.1) is 11.3 Å². The van der Waals surface area contributed by atoms with Gasteiger partial charge in [0.2, 0.25) is 0 Å². The van der Waals surface area contributed by atoms with Gasteiger partial charge < -0.3 is 10.1 Å². The molecule has 0 unspecified atom stereocenters. The molecule has 24 heavy (non-hydrogen) atoms. The Bertz CT molecular complexity index is 804. The second-order valence-electron chi connectivity index (χ2n) is 7.43. The highest BCUT2D eigenvalue weighted by Crippen LogP contribution is 2.36. The lowest BCUT2D eigenvalue weighted by molar-refractivity contribution is 0.0626. The molecule has 4 rings (SSSR count). The molecule has 1 saturated heterocycles. The Labute approximate surface area is 145 Å². The third-order valence-electron chi connectivity index (χ3n) is 5.63. The van der Waals surface area contributed by atoms with Crippen LogP contribution in [0.15, 0.2) is 4.79 Å². The van der Waals surface area contributed by atoms with E-state index in [2.05, 4.69) is 23.7 Å². The molecule has 2 aromatic heterocycles. The van der Waals surface area contributed by atoms with Crippen LogP contribution in [-0.2, 0) is 12.8 Å². The molecule has 0 radical (unpaired) electrons. The Morgan fingerprint density at radius 1 is 1.33 bits per heavy atom. The molecular formula is C18H25N3O2S. The van der Waals surface area contributed by atoms with E-state index in [1.54, 1.807) is 11.3 Å². The summed E-state index contributed by atoms with van der Waals surface area (Å²) in [6, 6.07) is 0.0765. The van der Waals surface area contributed by atoms with Crippen molar-refractivity contribution in [2.75, 3.05) is 13.1 Å². The number of aromatic amines is 1. The number of H-pyrrole nitrogens is 1. The summed E-state index contributed by atoms with van der Waals surface area (Å²) in [6.07, 6.45) is 4.63. The number of aliphatic hydroxyl groups is 1. The summed E-state index contributed by atoms with van der Waals surface area (Å²) in [5.74, 6) is 1.46. The molecule has 3 heterocycles. The maximum absolute atomic E-state index is 12.7. The minimum Gasteiger partial charge on any atom is -0.393 e. The van der Waals surface area contributed by atoms with Crippen LogP contribution < -0.4 is 5.56 Å². The fourth-order valence-corrected chi connectivity index (χ4v) is 5.40. The van der Waals surface area contributed by atoms with Gasteiger partial charge in [0.15, 0.2) is 0 Å². The molecule has 6 heteroatoms. The number of fused-ring (bicyclic) bond motifs is 3. The van der Waals surface area contributed by atoms with Crippen LogP contribution in [0.4, 0.5) is 0 Å². The summed E-state index contributed by atoms with van der Waals surface area (Å²) < 4.78 is 0. The first-order chi connectivity index (χ1) is 11.5. The summed E-state index contributed by atoms with van der Waals surface area (Å²) in [4.78, 5) is 25.1. The first-order valence-electron chi connectivity index (χ1n) is 8.99. The van der Waals surface area contributed by atoms with Gasteiger partial charge >= 0.3 is 0 Å². The number of likely N-dealkylation sites (tertiary alicyclic amines) is 1. The molecular weight excluding hydrogens is 322 g/mol. The van der Waals surface area contributed by atoms with Gasteiger partial charge in [-0.3, -0.25) is 9.69 Å². The van der Waals surface area contributed by atoms with Crippen LogP contribution in [0.25, 0.3) is 10.2 Å². The highest BCUT2D eigenvalue weighted by atomic mass is 32.1. The zero-order valence-corrected chi connectivity index (χ0v) is 15.2. The van der Waals surface area contributed by atoms with E-state index >= 15 is 0 Å². The minimum atomic E-state index is -0.186. The molecule has 0 aromatic carbocycles. The number of hydrogen-bond donors (Lipinski definition) is 2. The van der Waals surface area contributed by atoms with Crippen molar-refractivity contribution in [2.24, 2.45) is 5.92 Å². The summed E-state index contributed by atoms with van der Waals surface area (Å²) in [5, 5.41) is 10.5. The van der Waals surface area contributed by atoms with Gasteiger partial charge in [0.05, 0.1) is 17.5 Å². The van der Waals surface area contributed by atoms with E-state index in [1.807, 2.05) is 0 Å². The molecule has 1 aliphatic carbocycles. The van der Waals surface area contributed by atoms with Crippen LogP contribution in [-0.4, -0.2) is 39.2 Å². The highest BCUT2D eigenvalue weighted by Gasteiger charge is 2.26. The van der Waals surface area contributed by atoms with Crippen LogP contribution in [0.1, 0.15) is 55.4 Å². The average Bonchev–Trinajstić information content (AvgIpc) is 2.92. The Hall–Kier alpha value is -1.24.